The van der Waals surface area contributed by atoms with Crippen LogP contribution in [0.3, 0.4) is 0 Å². The van der Waals surface area contributed by atoms with Crippen molar-refractivity contribution in [1.82, 2.24) is 0 Å². The van der Waals surface area contributed by atoms with E-state index in [4.69, 9.17) is 5.73 Å². The van der Waals surface area contributed by atoms with Crippen LogP contribution in [0.2, 0.25) is 0 Å². The normalized spacial score (nSPS) is 17.8. The van der Waals surface area contributed by atoms with Gasteiger partial charge in [0.25, 0.3) is 0 Å². The zero-order valence-electron chi connectivity index (χ0n) is 11.4. The van der Waals surface area contributed by atoms with Crippen molar-refractivity contribution in [3.63, 3.8) is 0 Å². The number of rotatable bonds is 2. The molecule has 1 aliphatic rings. The summed E-state index contributed by atoms with van der Waals surface area (Å²) in [5, 5.41) is 0. The standard InChI is InChI=1S/C14H22N2O2S/c1-19(17,18)13-9-7-8-12(14(13)15)16-10-5-3-2-4-6-11-16/h7-9H,2-6,10-11,15H2,1H3. The molecule has 0 amide bonds. The predicted molar refractivity (Wildman–Crippen MR) is 79.3 cm³/mol. The van der Waals surface area contributed by atoms with Gasteiger partial charge in [0, 0.05) is 19.3 Å². The number of anilines is 2. The first-order chi connectivity index (χ1) is 9.00. The summed E-state index contributed by atoms with van der Waals surface area (Å²) < 4.78 is 23.4. The Morgan fingerprint density at radius 2 is 1.63 bits per heavy atom. The van der Waals surface area contributed by atoms with E-state index in [0.717, 1.165) is 31.6 Å². The summed E-state index contributed by atoms with van der Waals surface area (Å²) >= 11 is 0. The highest BCUT2D eigenvalue weighted by Gasteiger charge is 2.18. The monoisotopic (exact) mass is 282 g/mol. The third kappa shape index (κ3) is 3.41. The van der Waals surface area contributed by atoms with Gasteiger partial charge in [-0.25, -0.2) is 8.42 Å². The van der Waals surface area contributed by atoms with E-state index in [1.807, 2.05) is 6.07 Å². The first-order valence-electron chi connectivity index (χ1n) is 6.83. The molecule has 0 saturated carbocycles. The van der Waals surface area contributed by atoms with Crippen molar-refractivity contribution in [2.45, 2.75) is 37.0 Å². The molecule has 4 nitrogen and oxygen atoms in total. The fourth-order valence-electron chi connectivity index (χ4n) is 2.62. The van der Waals surface area contributed by atoms with Crippen LogP contribution in [0.1, 0.15) is 32.1 Å². The molecular weight excluding hydrogens is 260 g/mol. The Bertz CT molecular complexity index is 532. The van der Waals surface area contributed by atoms with Gasteiger partial charge in [0.1, 0.15) is 0 Å². The molecule has 1 saturated heterocycles. The van der Waals surface area contributed by atoms with Gasteiger partial charge in [-0.15, -0.1) is 0 Å². The number of sulfone groups is 1. The lowest BCUT2D eigenvalue weighted by molar-refractivity contribution is 0.556. The second-order valence-electron chi connectivity index (χ2n) is 5.22. The van der Waals surface area contributed by atoms with Crippen LogP contribution in [0.25, 0.3) is 0 Å². The van der Waals surface area contributed by atoms with Crippen molar-refractivity contribution < 1.29 is 8.42 Å². The third-order valence-electron chi connectivity index (χ3n) is 3.64. The number of hydrogen-bond acceptors (Lipinski definition) is 4. The van der Waals surface area contributed by atoms with Gasteiger partial charge in [0.2, 0.25) is 0 Å². The minimum atomic E-state index is -3.26. The fourth-order valence-corrected chi connectivity index (χ4v) is 3.45. The number of nitrogens with two attached hydrogens (primary N) is 1. The molecule has 5 heteroatoms. The molecule has 0 unspecified atom stereocenters. The molecule has 1 fully saturated rings. The van der Waals surface area contributed by atoms with E-state index in [9.17, 15) is 8.42 Å². The van der Waals surface area contributed by atoms with Crippen molar-refractivity contribution in [2.75, 3.05) is 30.0 Å². The Hall–Kier alpha value is -1.23. The molecule has 2 N–H and O–H groups in total. The Morgan fingerprint density at radius 3 is 2.21 bits per heavy atom. The van der Waals surface area contributed by atoms with Crippen LogP contribution in [0.15, 0.2) is 23.1 Å². The van der Waals surface area contributed by atoms with E-state index in [0.29, 0.717) is 5.69 Å². The molecule has 1 aromatic rings. The van der Waals surface area contributed by atoms with Crippen LogP contribution < -0.4 is 10.6 Å². The second-order valence-corrected chi connectivity index (χ2v) is 7.20. The van der Waals surface area contributed by atoms with Crippen LogP contribution in [0, 0.1) is 0 Å². The number of benzene rings is 1. The van der Waals surface area contributed by atoms with E-state index < -0.39 is 9.84 Å². The minimum Gasteiger partial charge on any atom is -0.396 e. The maximum atomic E-state index is 11.7. The minimum absolute atomic E-state index is 0.243. The quantitative estimate of drug-likeness (QED) is 0.846. The van der Waals surface area contributed by atoms with Crippen molar-refractivity contribution >= 4 is 21.2 Å². The topological polar surface area (TPSA) is 63.4 Å². The van der Waals surface area contributed by atoms with Gasteiger partial charge in [0.15, 0.2) is 9.84 Å². The summed E-state index contributed by atoms with van der Waals surface area (Å²) in [6.07, 6.45) is 7.26. The van der Waals surface area contributed by atoms with E-state index in [-0.39, 0.29) is 4.90 Å². The smallest absolute Gasteiger partial charge is 0.177 e. The molecule has 19 heavy (non-hydrogen) atoms. The highest BCUT2D eigenvalue weighted by molar-refractivity contribution is 7.90. The number of nitrogens with zero attached hydrogens (tertiary/aromatic N) is 1. The number of hydrogen-bond donors (Lipinski definition) is 1. The van der Waals surface area contributed by atoms with E-state index in [1.54, 1.807) is 12.1 Å². The van der Waals surface area contributed by atoms with E-state index in [1.165, 1.54) is 25.5 Å². The van der Waals surface area contributed by atoms with Crippen LogP contribution in [-0.2, 0) is 9.84 Å². The summed E-state index contributed by atoms with van der Waals surface area (Å²) in [5.74, 6) is 0. The van der Waals surface area contributed by atoms with E-state index >= 15 is 0 Å². The summed E-state index contributed by atoms with van der Waals surface area (Å²) in [4.78, 5) is 2.47. The molecule has 0 aliphatic carbocycles. The Morgan fingerprint density at radius 1 is 1.05 bits per heavy atom. The van der Waals surface area contributed by atoms with Crippen molar-refractivity contribution in [2.24, 2.45) is 0 Å². The van der Waals surface area contributed by atoms with Gasteiger partial charge < -0.3 is 10.6 Å². The van der Waals surface area contributed by atoms with Crippen LogP contribution in [0.4, 0.5) is 11.4 Å². The van der Waals surface area contributed by atoms with Gasteiger partial charge in [-0.3, -0.25) is 0 Å². The first-order valence-corrected chi connectivity index (χ1v) is 8.73. The summed E-state index contributed by atoms with van der Waals surface area (Å²) in [6, 6.07) is 5.28. The number of nitrogen functional groups attached to an aromatic ring is 1. The average molecular weight is 282 g/mol. The lowest BCUT2D eigenvalue weighted by Gasteiger charge is -2.28. The lowest BCUT2D eigenvalue weighted by atomic mass is 10.1. The van der Waals surface area contributed by atoms with E-state index in [2.05, 4.69) is 4.90 Å². The Labute approximate surface area is 115 Å². The van der Waals surface area contributed by atoms with Crippen molar-refractivity contribution in [1.29, 1.82) is 0 Å². The van der Waals surface area contributed by atoms with Crippen molar-refractivity contribution in [3.05, 3.63) is 18.2 Å². The molecule has 1 aliphatic heterocycles. The molecule has 0 bridgehead atoms. The van der Waals surface area contributed by atoms with Crippen LogP contribution in [0.5, 0.6) is 0 Å². The molecule has 2 rings (SSSR count). The zero-order chi connectivity index (χ0) is 13.9. The first kappa shape index (κ1) is 14.2. The molecule has 1 heterocycles. The molecule has 1 aromatic carbocycles. The van der Waals surface area contributed by atoms with Crippen molar-refractivity contribution in [3.8, 4) is 0 Å². The van der Waals surface area contributed by atoms with Gasteiger partial charge in [-0.05, 0) is 25.0 Å². The Balaban J connectivity index is 2.33. The Kier molecular flexibility index (Phi) is 4.34. The molecule has 0 atom stereocenters. The van der Waals surface area contributed by atoms with Gasteiger partial charge in [-0.1, -0.05) is 25.3 Å². The second kappa shape index (κ2) is 5.82. The summed E-state index contributed by atoms with van der Waals surface area (Å²) in [7, 11) is -3.26. The zero-order valence-corrected chi connectivity index (χ0v) is 12.2. The fraction of sp³-hybridized carbons (Fsp3) is 0.571. The largest absolute Gasteiger partial charge is 0.396 e. The number of para-hydroxylation sites is 1. The molecule has 0 spiro atoms. The van der Waals surface area contributed by atoms with Gasteiger partial charge in [0.05, 0.1) is 16.3 Å². The molecule has 0 radical (unpaired) electrons. The SMILES string of the molecule is CS(=O)(=O)c1cccc(N2CCCCCCC2)c1N. The predicted octanol–water partition coefficient (Wildman–Crippen LogP) is 2.44. The average Bonchev–Trinajstić information content (AvgIpc) is 2.28. The maximum Gasteiger partial charge on any atom is 0.177 e. The van der Waals surface area contributed by atoms with Gasteiger partial charge >= 0.3 is 0 Å². The highest BCUT2D eigenvalue weighted by Crippen LogP contribution is 2.31. The maximum absolute atomic E-state index is 11.7. The lowest BCUT2D eigenvalue weighted by Crippen LogP contribution is -2.28. The van der Waals surface area contributed by atoms with Crippen LogP contribution in [-0.4, -0.2) is 27.8 Å². The highest BCUT2D eigenvalue weighted by atomic mass is 32.2. The van der Waals surface area contributed by atoms with Crippen LogP contribution >= 0.6 is 0 Å². The molecular formula is C14H22N2O2S. The van der Waals surface area contributed by atoms with Gasteiger partial charge in [-0.2, -0.15) is 0 Å². The summed E-state index contributed by atoms with van der Waals surface area (Å²) in [5.41, 5.74) is 7.33. The summed E-state index contributed by atoms with van der Waals surface area (Å²) in [6.45, 7) is 1.91. The molecule has 106 valence electrons. The molecule has 0 aromatic heterocycles. The third-order valence-corrected chi connectivity index (χ3v) is 4.79.